The smallest absolute Gasteiger partial charge is 0.181 e. The summed E-state index contributed by atoms with van der Waals surface area (Å²) in [5, 5.41) is 14.1. The average molecular weight is 152 g/mol. The first-order chi connectivity index (χ1) is 5.33. The molecule has 4 nitrogen and oxygen atoms in total. The predicted octanol–water partition coefficient (Wildman–Crippen LogP) is 0.300. The lowest BCUT2D eigenvalue weighted by Gasteiger charge is -1.93. The van der Waals surface area contributed by atoms with E-state index in [1.54, 1.807) is 12.1 Å². The van der Waals surface area contributed by atoms with Crippen LogP contribution < -0.4 is 4.73 Å². The zero-order chi connectivity index (χ0) is 8.10. The van der Waals surface area contributed by atoms with Crippen LogP contribution in [0.25, 0.3) is 0 Å². The van der Waals surface area contributed by atoms with Gasteiger partial charge in [-0.05, 0) is 0 Å². The molecule has 0 amide bonds. The lowest BCUT2D eigenvalue weighted by Crippen LogP contribution is -2.23. The Morgan fingerprint density at radius 3 is 2.73 bits per heavy atom. The van der Waals surface area contributed by atoms with Crippen molar-refractivity contribution in [3.8, 4) is 0 Å². The van der Waals surface area contributed by atoms with Crippen molar-refractivity contribution in [2.24, 2.45) is 5.16 Å². The monoisotopic (exact) mass is 152 g/mol. The highest BCUT2D eigenvalue weighted by molar-refractivity contribution is 5.78. The molecule has 0 saturated heterocycles. The minimum Gasteiger partial charge on any atom is -0.619 e. The van der Waals surface area contributed by atoms with Gasteiger partial charge in [-0.25, -0.2) is 0 Å². The Bertz CT molecular complexity index is 243. The summed E-state index contributed by atoms with van der Waals surface area (Å²) in [4.78, 5) is 4.46. The molecule has 0 N–H and O–H groups in total. The van der Waals surface area contributed by atoms with Gasteiger partial charge in [0.15, 0.2) is 12.4 Å². The first-order valence-electron chi connectivity index (χ1n) is 3.08. The first kappa shape index (κ1) is 7.53. The van der Waals surface area contributed by atoms with Gasteiger partial charge in [-0.15, -0.1) is 0 Å². The second kappa shape index (κ2) is 3.55. The van der Waals surface area contributed by atoms with E-state index in [4.69, 9.17) is 0 Å². The number of hydrogen-bond donors (Lipinski definition) is 0. The number of hydrogen-bond acceptors (Lipinski definition) is 3. The van der Waals surface area contributed by atoms with E-state index in [1.165, 1.54) is 25.7 Å². The van der Waals surface area contributed by atoms with Crippen LogP contribution >= 0.6 is 0 Å². The number of oxime groups is 1. The third-order valence-electron chi connectivity index (χ3n) is 1.14. The Kier molecular flexibility index (Phi) is 2.43. The third kappa shape index (κ3) is 2.25. The number of aromatic nitrogens is 1. The van der Waals surface area contributed by atoms with Crippen molar-refractivity contribution in [2.45, 2.75) is 0 Å². The Hall–Kier alpha value is -1.58. The van der Waals surface area contributed by atoms with Crippen molar-refractivity contribution >= 4 is 6.21 Å². The summed E-state index contributed by atoms with van der Waals surface area (Å²) in [6, 6.07) is 3.30. The summed E-state index contributed by atoms with van der Waals surface area (Å²) in [5.41, 5.74) is 0.832. The van der Waals surface area contributed by atoms with Crippen LogP contribution in [-0.2, 0) is 4.84 Å². The third-order valence-corrected chi connectivity index (χ3v) is 1.14. The molecule has 0 aliphatic carbocycles. The Labute approximate surface area is 64.3 Å². The molecular formula is C7H8N2O2. The van der Waals surface area contributed by atoms with Gasteiger partial charge in [-0.2, -0.15) is 4.73 Å². The highest BCUT2D eigenvalue weighted by atomic mass is 16.6. The Balaban J connectivity index is 2.73. The van der Waals surface area contributed by atoms with E-state index in [9.17, 15) is 5.21 Å². The molecule has 0 atom stereocenters. The van der Waals surface area contributed by atoms with E-state index >= 15 is 0 Å². The summed E-state index contributed by atoms with van der Waals surface area (Å²) in [6.45, 7) is 0. The molecule has 0 aromatic carbocycles. The van der Waals surface area contributed by atoms with Gasteiger partial charge in [0.1, 0.15) is 7.11 Å². The quantitative estimate of drug-likeness (QED) is 0.265. The molecule has 0 unspecified atom stereocenters. The molecule has 4 heteroatoms. The van der Waals surface area contributed by atoms with Crippen molar-refractivity contribution < 1.29 is 9.57 Å². The van der Waals surface area contributed by atoms with Gasteiger partial charge in [-0.1, -0.05) is 5.16 Å². The van der Waals surface area contributed by atoms with Gasteiger partial charge < -0.3 is 10.0 Å². The van der Waals surface area contributed by atoms with Crippen LogP contribution in [-0.4, -0.2) is 13.3 Å². The van der Waals surface area contributed by atoms with Crippen LogP contribution in [0.3, 0.4) is 0 Å². The van der Waals surface area contributed by atoms with E-state index in [1.807, 2.05) is 0 Å². The first-order valence-corrected chi connectivity index (χ1v) is 3.08. The topological polar surface area (TPSA) is 48.5 Å². The van der Waals surface area contributed by atoms with Gasteiger partial charge in [0, 0.05) is 17.7 Å². The summed E-state index contributed by atoms with van der Waals surface area (Å²) >= 11 is 0. The van der Waals surface area contributed by atoms with E-state index in [2.05, 4.69) is 9.99 Å². The lowest BCUT2D eigenvalue weighted by molar-refractivity contribution is -0.605. The van der Waals surface area contributed by atoms with Crippen molar-refractivity contribution in [2.75, 3.05) is 7.11 Å². The van der Waals surface area contributed by atoms with E-state index in [0.717, 1.165) is 5.56 Å². The fraction of sp³-hybridized carbons (Fsp3) is 0.143. The molecule has 0 saturated carbocycles. The molecular weight excluding hydrogens is 144 g/mol. The van der Waals surface area contributed by atoms with Crippen molar-refractivity contribution in [1.82, 2.24) is 0 Å². The fourth-order valence-corrected chi connectivity index (χ4v) is 0.624. The van der Waals surface area contributed by atoms with Crippen molar-refractivity contribution in [1.29, 1.82) is 0 Å². The highest BCUT2D eigenvalue weighted by Gasteiger charge is 1.89. The molecule has 1 rings (SSSR count). The van der Waals surface area contributed by atoms with E-state index in [-0.39, 0.29) is 0 Å². The summed E-state index contributed by atoms with van der Waals surface area (Å²) < 4.78 is 0.712. The Morgan fingerprint density at radius 1 is 1.55 bits per heavy atom. The van der Waals surface area contributed by atoms with E-state index in [0.29, 0.717) is 4.73 Å². The van der Waals surface area contributed by atoms with Gasteiger partial charge in [0.25, 0.3) is 0 Å². The largest absolute Gasteiger partial charge is 0.619 e. The van der Waals surface area contributed by atoms with Gasteiger partial charge in [0.2, 0.25) is 0 Å². The molecule has 0 aliphatic rings. The summed E-state index contributed by atoms with van der Waals surface area (Å²) in [6.07, 6.45) is 4.33. The molecule has 0 bridgehead atoms. The zero-order valence-corrected chi connectivity index (χ0v) is 6.10. The molecule has 11 heavy (non-hydrogen) atoms. The maximum absolute atomic E-state index is 10.5. The minimum absolute atomic E-state index is 0.712. The summed E-state index contributed by atoms with van der Waals surface area (Å²) in [7, 11) is 1.47. The average Bonchev–Trinajstić information content (AvgIpc) is 2.04. The van der Waals surface area contributed by atoms with Gasteiger partial charge >= 0.3 is 0 Å². The second-order valence-corrected chi connectivity index (χ2v) is 1.91. The molecule has 1 heterocycles. The van der Waals surface area contributed by atoms with Crippen molar-refractivity contribution in [3.05, 3.63) is 35.3 Å². The summed E-state index contributed by atoms with van der Waals surface area (Å²) in [5.74, 6) is 0. The van der Waals surface area contributed by atoms with Crippen molar-refractivity contribution in [3.63, 3.8) is 0 Å². The maximum Gasteiger partial charge on any atom is 0.181 e. The fourth-order valence-electron chi connectivity index (χ4n) is 0.624. The molecule has 58 valence electrons. The predicted molar refractivity (Wildman–Crippen MR) is 40.0 cm³/mol. The van der Waals surface area contributed by atoms with Crippen LogP contribution in [0.2, 0.25) is 0 Å². The Morgan fingerprint density at radius 2 is 2.18 bits per heavy atom. The zero-order valence-electron chi connectivity index (χ0n) is 6.10. The van der Waals surface area contributed by atoms with Gasteiger partial charge in [0.05, 0.1) is 6.21 Å². The number of rotatable bonds is 2. The molecule has 1 aromatic rings. The molecule has 0 aliphatic heterocycles. The second-order valence-electron chi connectivity index (χ2n) is 1.91. The molecule has 0 radical (unpaired) electrons. The standard InChI is InChI=1S/C7H8N2O2/c1-11-8-6-7-2-4-9(10)5-3-7/h2-6H,1H3/b8-6+. The number of pyridine rings is 1. The van der Waals surface area contributed by atoms with Crippen LogP contribution in [0.4, 0.5) is 0 Å². The lowest BCUT2D eigenvalue weighted by atomic mass is 10.3. The maximum atomic E-state index is 10.5. The van der Waals surface area contributed by atoms with Crippen LogP contribution in [0, 0.1) is 5.21 Å². The molecule has 0 fully saturated rings. The highest BCUT2D eigenvalue weighted by Crippen LogP contribution is 1.89. The minimum atomic E-state index is 0.712. The van der Waals surface area contributed by atoms with Gasteiger partial charge in [-0.3, -0.25) is 0 Å². The van der Waals surface area contributed by atoms with Crippen LogP contribution in [0.5, 0.6) is 0 Å². The number of nitrogens with zero attached hydrogens (tertiary/aromatic N) is 2. The molecule has 1 aromatic heterocycles. The van der Waals surface area contributed by atoms with E-state index < -0.39 is 0 Å². The molecule has 0 spiro atoms. The van der Waals surface area contributed by atoms with Crippen LogP contribution in [0.15, 0.2) is 29.7 Å². The SMILES string of the molecule is CO/N=C/c1cc[n+]([O-])cc1. The van der Waals surface area contributed by atoms with Crippen LogP contribution in [0.1, 0.15) is 5.56 Å². The normalized spacial score (nSPS) is 10.3.